The van der Waals surface area contributed by atoms with Gasteiger partial charge in [-0.25, -0.2) is 13.1 Å². The van der Waals surface area contributed by atoms with Crippen molar-refractivity contribution in [2.75, 3.05) is 6.54 Å². The summed E-state index contributed by atoms with van der Waals surface area (Å²) in [5, 5.41) is 3.46. The molecule has 1 aromatic carbocycles. The van der Waals surface area contributed by atoms with E-state index in [1.165, 1.54) is 18.4 Å². The molecule has 2 fully saturated rings. The van der Waals surface area contributed by atoms with E-state index in [1.807, 2.05) is 12.1 Å². The van der Waals surface area contributed by atoms with Crippen molar-refractivity contribution in [2.24, 2.45) is 5.41 Å². The maximum atomic E-state index is 12.3. The molecule has 2 saturated carbocycles. The Morgan fingerprint density at radius 2 is 1.81 bits per heavy atom. The Balaban J connectivity index is 1.57. The molecule has 1 atom stereocenters. The molecule has 4 nitrogen and oxygen atoms in total. The number of rotatable bonds is 7. The quantitative estimate of drug-likeness (QED) is 0.810. The van der Waals surface area contributed by atoms with Gasteiger partial charge in [0.2, 0.25) is 10.0 Å². The van der Waals surface area contributed by atoms with Gasteiger partial charge in [0, 0.05) is 12.1 Å². The summed E-state index contributed by atoms with van der Waals surface area (Å²) >= 11 is 0. The van der Waals surface area contributed by atoms with Crippen LogP contribution in [0.4, 0.5) is 0 Å². The van der Waals surface area contributed by atoms with Crippen LogP contribution in [0.15, 0.2) is 29.2 Å². The molecule has 2 aliphatic carbocycles. The molecule has 0 saturated heterocycles. The average Bonchev–Trinajstić information content (AvgIpc) is 3.31. The lowest BCUT2D eigenvalue weighted by Crippen LogP contribution is -2.28. The molecule has 0 spiro atoms. The Hall–Kier alpha value is -0.910. The van der Waals surface area contributed by atoms with E-state index in [0.717, 1.165) is 25.4 Å². The summed E-state index contributed by atoms with van der Waals surface area (Å²) < 4.78 is 27.3. The van der Waals surface area contributed by atoms with Crippen LogP contribution in [-0.4, -0.2) is 27.0 Å². The predicted octanol–water partition coefficient (Wildman–Crippen LogP) is 2.06. The first-order chi connectivity index (χ1) is 9.87. The predicted molar refractivity (Wildman–Crippen MR) is 83.7 cm³/mol. The van der Waals surface area contributed by atoms with Crippen LogP contribution in [0, 0.1) is 5.41 Å². The highest BCUT2D eigenvalue weighted by Crippen LogP contribution is 2.45. The fraction of sp³-hybridized carbons (Fsp3) is 0.625. The lowest BCUT2D eigenvalue weighted by molar-refractivity contribution is 0.555. The molecule has 2 aliphatic rings. The van der Waals surface area contributed by atoms with E-state index in [1.54, 1.807) is 12.1 Å². The molecule has 0 bridgehead atoms. The third-order valence-electron chi connectivity index (χ3n) is 4.47. The average molecular weight is 308 g/mol. The molecule has 0 amide bonds. The maximum absolute atomic E-state index is 12.3. The molecule has 3 rings (SSSR count). The number of sulfonamides is 1. The van der Waals surface area contributed by atoms with E-state index in [2.05, 4.69) is 23.9 Å². The van der Waals surface area contributed by atoms with Crippen molar-refractivity contribution in [3.63, 3.8) is 0 Å². The Labute approximate surface area is 127 Å². The van der Waals surface area contributed by atoms with Crippen LogP contribution in [0.2, 0.25) is 0 Å². The van der Waals surface area contributed by atoms with Crippen molar-refractivity contribution in [1.82, 2.24) is 10.0 Å². The standard InChI is InChI=1S/C16H24N2O2S/c1-16(2)11-15(16)18-21(19,20)14-7-3-12(4-8-14)9-10-17-13-5-6-13/h3-4,7-8,13,15,17-18H,5-6,9-11H2,1-2H3. The lowest BCUT2D eigenvalue weighted by Gasteiger charge is -2.09. The summed E-state index contributed by atoms with van der Waals surface area (Å²) in [6, 6.07) is 8.05. The molecule has 0 radical (unpaired) electrons. The van der Waals surface area contributed by atoms with Crippen LogP contribution in [-0.2, 0) is 16.4 Å². The molecule has 2 N–H and O–H groups in total. The van der Waals surface area contributed by atoms with Gasteiger partial charge in [0.1, 0.15) is 0 Å². The third kappa shape index (κ3) is 3.84. The van der Waals surface area contributed by atoms with Crippen molar-refractivity contribution in [2.45, 2.75) is 56.5 Å². The molecule has 0 aliphatic heterocycles. The zero-order chi connectivity index (χ0) is 15.1. The molecule has 21 heavy (non-hydrogen) atoms. The lowest BCUT2D eigenvalue weighted by atomic mass is 10.1. The van der Waals surface area contributed by atoms with Gasteiger partial charge < -0.3 is 5.32 Å². The number of hydrogen-bond acceptors (Lipinski definition) is 3. The van der Waals surface area contributed by atoms with Gasteiger partial charge in [-0.05, 0) is 55.3 Å². The van der Waals surface area contributed by atoms with Gasteiger partial charge in [0.15, 0.2) is 0 Å². The first-order valence-electron chi connectivity index (χ1n) is 7.71. The molecular weight excluding hydrogens is 284 g/mol. The van der Waals surface area contributed by atoms with E-state index in [4.69, 9.17) is 0 Å². The maximum Gasteiger partial charge on any atom is 0.240 e. The van der Waals surface area contributed by atoms with Crippen LogP contribution >= 0.6 is 0 Å². The van der Waals surface area contributed by atoms with Crippen LogP contribution in [0.3, 0.4) is 0 Å². The fourth-order valence-corrected chi connectivity index (χ4v) is 3.87. The van der Waals surface area contributed by atoms with Crippen LogP contribution in [0.25, 0.3) is 0 Å². The minimum absolute atomic E-state index is 0.0740. The van der Waals surface area contributed by atoms with Crippen LogP contribution < -0.4 is 10.0 Å². The van der Waals surface area contributed by atoms with E-state index >= 15 is 0 Å². The number of hydrogen-bond donors (Lipinski definition) is 2. The van der Waals surface area contributed by atoms with Gasteiger partial charge in [0.25, 0.3) is 0 Å². The van der Waals surface area contributed by atoms with Gasteiger partial charge in [0.05, 0.1) is 4.90 Å². The van der Waals surface area contributed by atoms with Crippen molar-refractivity contribution >= 4 is 10.0 Å². The monoisotopic (exact) mass is 308 g/mol. The highest BCUT2D eigenvalue weighted by atomic mass is 32.2. The summed E-state index contributed by atoms with van der Waals surface area (Å²) in [5.74, 6) is 0. The van der Waals surface area contributed by atoms with Crippen molar-refractivity contribution in [3.05, 3.63) is 29.8 Å². The zero-order valence-electron chi connectivity index (χ0n) is 12.7. The topological polar surface area (TPSA) is 58.2 Å². The molecule has 0 heterocycles. The third-order valence-corrected chi connectivity index (χ3v) is 5.96. The summed E-state index contributed by atoms with van der Waals surface area (Å²) in [7, 11) is -3.37. The molecule has 116 valence electrons. The Bertz CT molecular complexity index is 604. The Morgan fingerprint density at radius 1 is 1.19 bits per heavy atom. The van der Waals surface area contributed by atoms with Gasteiger partial charge in [-0.15, -0.1) is 0 Å². The van der Waals surface area contributed by atoms with Gasteiger partial charge >= 0.3 is 0 Å². The Kier molecular flexibility index (Phi) is 3.84. The van der Waals surface area contributed by atoms with Gasteiger partial charge in [-0.1, -0.05) is 26.0 Å². The molecule has 1 unspecified atom stereocenters. The van der Waals surface area contributed by atoms with Crippen molar-refractivity contribution in [1.29, 1.82) is 0 Å². The molecule has 1 aromatic rings. The Morgan fingerprint density at radius 3 is 2.33 bits per heavy atom. The highest BCUT2D eigenvalue weighted by Gasteiger charge is 2.47. The van der Waals surface area contributed by atoms with E-state index < -0.39 is 10.0 Å². The second kappa shape index (κ2) is 5.38. The smallest absolute Gasteiger partial charge is 0.240 e. The summed E-state index contributed by atoms with van der Waals surface area (Å²) in [6.45, 7) is 5.12. The van der Waals surface area contributed by atoms with Gasteiger partial charge in [-0.2, -0.15) is 0 Å². The summed E-state index contributed by atoms with van der Waals surface area (Å²) in [4.78, 5) is 0.365. The van der Waals surface area contributed by atoms with E-state index in [-0.39, 0.29) is 11.5 Å². The second-order valence-corrected chi connectivity index (χ2v) is 8.70. The molecular formula is C16H24N2O2S. The van der Waals surface area contributed by atoms with Crippen LogP contribution in [0.5, 0.6) is 0 Å². The fourth-order valence-electron chi connectivity index (χ4n) is 2.47. The summed E-state index contributed by atoms with van der Waals surface area (Å²) in [5.41, 5.74) is 1.27. The zero-order valence-corrected chi connectivity index (χ0v) is 13.5. The van der Waals surface area contributed by atoms with E-state index in [0.29, 0.717) is 4.90 Å². The largest absolute Gasteiger partial charge is 0.314 e. The van der Waals surface area contributed by atoms with Crippen LogP contribution in [0.1, 0.15) is 38.7 Å². The minimum Gasteiger partial charge on any atom is -0.314 e. The number of benzene rings is 1. The molecule has 0 aromatic heterocycles. The normalized spacial score (nSPS) is 24.0. The molecule has 5 heteroatoms. The van der Waals surface area contributed by atoms with Crippen molar-refractivity contribution < 1.29 is 8.42 Å². The number of nitrogens with one attached hydrogen (secondary N) is 2. The first kappa shape index (κ1) is 15.0. The highest BCUT2D eigenvalue weighted by molar-refractivity contribution is 7.89. The summed E-state index contributed by atoms with van der Waals surface area (Å²) in [6.07, 6.45) is 4.44. The SMILES string of the molecule is CC1(C)CC1NS(=O)(=O)c1ccc(CCNC2CC2)cc1. The van der Waals surface area contributed by atoms with E-state index in [9.17, 15) is 8.42 Å². The second-order valence-electron chi connectivity index (χ2n) is 6.99. The minimum atomic E-state index is -3.37. The van der Waals surface area contributed by atoms with Gasteiger partial charge in [-0.3, -0.25) is 0 Å². The van der Waals surface area contributed by atoms with Crippen molar-refractivity contribution in [3.8, 4) is 0 Å². The first-order valence-corrected chi connectivity index (χ1v) is 9.20.